The molecule has 0 aliphatic carbocycles. The van der Waals surface area contributed by atoms with Crippen molar-refractivity contribution in [1.29, 1.82) is 0 Å². The second kappa shape index (κ2) is 5.97. The fourth-order valence-electron chi connectivity index (χ4n) is 2.71. The van der Waals surface area contributed by atoms with Gasteiger partial charge >= 0.3 is 0 Å². The third kappa shape index (κ3) is 2.79. The van der Waals surface area contributed by atoms with Gasteiger partial charge in [-0.05, 0) is 31.6 Å². The first-order chi connectivity index (χ1) is 9.38. The number of hydrogen-bond donors (Lipinski definition) is 1. The van der Waals surface area contributed by atoms with Crippen LogP contribution in [0.3, 0.4) is 0 Å². The first-order valence-corrected chi connectivity index (χ1v) is 8.29. The van der Waals surface area contributed by atoms with Crippen molar-refractivity contribution in [2.45, 2.75) is 38.9 Å². The Balaban J connectivity index is 1.76. The SMILES string of the molecule is CCn1nc(CNC2CCCSC2)c2ccccc21. The number of nitrogens with zero attached hydrogens (tertiary/aromatic N) is 2. The van der Waals surface area contributed by atoms with E-state index in [9.17, 15) is 0 Å². The molecule has 3 rings (SSSR count). The number of aryl methyl sites for hydroxylation is 1. The highest BCUT2D eigenvalue weighted by atomic mass is 32.2. The standard InChI is InChI=1S/C15H21N3S/c1-2-18-15-8-4-3-7-13(15)14(17-18)10-16-12-6-5-9-19-11-12/h3-4,7-8,12,16H,2,5-6,9-11H2,1H3. The van der Waals surface area contributed by atoms with E-state index in [4.69, 9.17) is 5.10 Å². The minimum atomic E-state index is 0.657. The molecule has 1 fully saturated rings. The van der Waals surface area contributed by atoms with Crippen LogP contribution in [0.15, 0.2) is 24.3 Å². The van der Waals surface area contributed by atoms with Gasteiger partial charge in [-0.15, -0.1) is 0 Å². The van der Waals surface area contributed by atoms with Gasteiger partial charge in [-0.25, -0.2) is 0 Å². The van der Waals surface area contributed by atoms with Crippen molar-refractivity contribution in [2.75, 3.05) is 11.5 Å². The fourth-order valence-corrected chi connectivity index (χ4v) is 3.82. The van der Waals surface area contributed by atoms with Gasteiger partial charge < -0.3 is 5.32 Å². The molecule has 1 saturated heterocycles. The maximum absolute atomic E-state index is 4.74. The third-order valence-electron chi connectivity index (χ3n) is 3.75. The molecule has 19 heavy (non-hydrogen) atoms. The summed E-state index contributed by atoms with van der Waals surface area (Å²) >= 11 is 2.06. The Labute approximate surface area is 118 Å². The molecule has 1 aliphatic rings. The molecule has 3 nitrogen and oxygen atoms in total. The maximum Gasteiger partial charge on any atom is 0.0841 e. The molecule has 2 aromatic rings. The van der Waals surface area contributed by atoms with Gasteiger partial charge in [-0.1, -0.05) is 18.2 Å². The first kappa shape index (κ1) is 13.0. The molecular formula is C15H21N3S. The Hall–Kier alpha value is -1.00. The van der Waals surface area contributed by atoms with E-state index < -0.39 is 0 Å². The second-order valence-electron chi connectivity index (χ2n) is 5.07. The lowest BCUT2D eigenvalue weighted by atomic mass is 10.1. The summed E-state index contributed by atoms with van der Waals surface area (Å²) in [5.74, 6) is 2.57. The highest BCUT2D eigenvalue weighted by Gasteiger charge is 2.15. The van der Waals surface area contributed by atoms with E-state index in [1.807, 2.05) is 0 Å². The number of para-hydroxylation sites is 1. The molecule has 0 spiro atoms. The molecule has 1 atom stereocenters. The number of aromatic nitrogens is 2. The van der Waals surface area contributed by atoms with Crippen molar-refractivity contribution in [3.63, 3.8) is 0 Å². The summed E-state index contributed by atoms with van der Waals surface area (Å²) in [6.45, 7) is 3.97. The predicted molar refractivity (Wildman–Crippen MR) is 82.6 cm³/mol. The largest absolute Gasteiger partial charge is 0.307 e. The van der Waals surface area contributed by atoms with E-state index >= 15 is 0 Å². The maximum atomic E-state index is 4.74. The monoisotopic (exact) mass is 275 g/mol. The molecule has 1 N–H and O–H groups in total. The summed E-state index contributed by atoms with van der Waals surface area (Å²) in [5.41, 5.74) is 2.44. The molecule has 4 heteroatoms. The van der Waals surface area contributed by atoms with Gasteiger partial charge in [0.25, 0.3) is 0 Å². The average Bonchev–Trinajstić information content (AvgIpc) is 2.84. The predicted octanol–water partition coefficient (Wildman–Crippen LogP) is 3.04. The second-order valence-corrected chi connectivity index (χ2v) is 6.22. The minimum absolute atomic E-state index is 0.657. The zero-order valence-electron chi connectivity index (χ0n) is 11.4. The average molecular weight is 275 g/mol. The molecule has 102 valence electrons. The van der Waals surface area contributed by atoms with Crippen LogP contribution in [0.25, 0.3) is 10.9 Å². The summed E-state index contributed by atoms with van der Waals surface area (Å²) in [6.07, 6.45) is 2.64. The van der Waals surface area contributed by atoms with Crippen LogP contribution in [0.5, 0.6) is 0 Å². The Kier molecular flexibility index (Phi) is 4.09. The van der Waals surface area contributed by atoms with E-state index in [1.54, 1.807) is 0 Å². The Morgan fingerprint density at radius 3 is 3.11 bits per heavy atom. The minimum Gasteiger partial charge on any atom is -0.307 e. The van der Waals surface area contributed by atoms with Crippen LogP contribution in [0.2, 0.25) is 0 Å². The van der Waals surface area contributed by atoms with Crippen LogP contribution in [-0.2, 0) is 13.1 Å². The summed E-state index contributed by atoms with van der Waals surface area (Å²) < 4.78 is 2.10. The molecule has 1 aromatic carbocycles. The summed E-state index contributed by atoms with van der Waals surface area (Å²) in [7, 11) is 0. The molecule has 1 aromatic heterocycles. The van der Waals surface area contributed by atoms with Gasteiger partial charge in [0, 0.05) is 30.3 Å². The van der Waals surface area contributed by atoms with Crippen LogP contribution in [0, 0.1) is 0 Å². The lowest BCUT2D eigenvalue weighted by Gasteiger charge is -2.22. The van der Waals surface area contributed by atoms with Gasteiger partial charge in [0.2, 0.25) is 0 Å². The molecule has 0 radical (unpaired) electrons. The van der Waals surface area contributed by atoms with Crippen LogP contribution in [0.4, 0.5) is 0 Å². The Bertz CT molecular complexity index is 543. The van der Waals surface area contributed by atoms with Crippen molar-refractivity contribution >= 4 is 22.7 Å². The van der Waals surface area contributed by atoms with Gasteiger partial charge in [0.15, 0.2) is 0 Å². The quantitative estimate of drug-likeness (QED) is 0.930. The van der Waals surface area contributed by atoms with Gasteiger partial charge in [0.05, 0.1) is 11.2 Å². The van der Waals surface area contributed by atoms with Crippen LogP contribution in [0.1, 0.15) is 25.5 Å². The zero-order valence-corrected chi connectivity index (χ0v) is 12.2. The third-order valence-corrected chi connectivity index (χ3v) is 4.97. The molecule has 0 amide bonds. The van der Waals surface area contributed by atoms with Gasteiger partial charge in [0.1, 0.15) is 0 Å². The van der Waals surface area contributed by atoms with E-state index in [2.05, 4.69) is 52.9 Å². The van der Waals surface area contributed by atoms with E-state index in [1.165, 1.54) is 40.9 Å². The fraction of sp³-hybridized carbons (Fsp3) is 0.533. The van der Waals surface area contributed by atoms with E-state index in [0.29, 0.717) is 6.04 Å². The summed E-state index contributed by atoms with van der Waals surface area (Å²) in [6, 6.07) is 9.19. The van der Waals surface area contributed by atoms with Crippen molar-refractivity contribution in [3.8, 4) is 0 Å². The molecule has 0 bridgehead atoms. The topological polar surface area (TPSA) is 29.9 Å². The number of benzene rings is 1. The number of rotatable bonds is 4. The molecule has 2 heterocycles. The normalized spacial score (nSPS) is 19.9. The van der Waals surface area contributed by atoms with E-state index in [0.717, 1.165) is 13.1 Å². The zero-order chi connectivity index (χ0) is 13.1. The van der Waals surface area contributed by atoms with Crippen molar-refractivity contribution in [2.24, 2.45) is 0 Å². The van der Waals surface area contributed by atoms with E-state index in [-0.39, 0.29) is 0 Å². The van der Waals surface area contributed by atoms with Crippen molar-refractivity contribution in [1.82, 2.24) is 15.1 Å². The summed E-state index contributed by atoms with van der Waals surface area (Å²) in [4.78, 5) is 0. The lowest BCUT2D eigenvalue weighted by Crippen LogP contribution is -2.33. The summed E-state index contributed by atoms with van der Waals surface area (Å²) in [5, 5.41) is 9.70. The smallest absolute Gasteiger partial charge is 0.0841 e. The van der Waals surface area contributed by atoms with Crippen LogP contribution >= 0.6 is 11.8 Å². The number of fused-ring (bicyclic) bond motifs is 1. The first-order valence-electron chi connectivity index (χ1n) is 7.14. The highest BCUT2D eigenvalue weighted by molar-refractivity contribution is 7.99. The van der Waals surface area contributed by atoms with Crippen molar-refractivity contribution < 1.29 is 0 Å². The Morgan fingerprint density at radius 2 is 2.32 bits per heavy atom. The van der Waals surface area contributed by atoms with Gasteiger partial charge in [-0.2, -0.15) is 16.9 Å². The molecule has 1 aliphatic heterocycles. The van der Waals surface area contributed by atoms with Crippen LogP contribution < -0.4 is 5.32 Å². The molecular weight excluding hydrogens is 254 g/mol. The molecule has 0 saturated carbocycles. The number of thioether (sulfide) groups is 1. The van der Waals surface area contributed by atoms with Gasteiger partial charge in [-0.3, -0.25) is 4.68 Å². The molecule has 1 unspecified atom stereocenters. The van der Waals surface area contributed by atoms with Crippen LogP contribution in [-0.4, -0.2) is 27.3 Å². The lowest BCUT2D eigenvalue weighted by molar-refractivity contribution is 0.501. The number of nitrogens with one attached hydrogen (secondary N) is 1. The number of hydrogen-bond acceptors (Lipinski definition) is 3. The van der Waals surface area contributed by atoms with Crippen molar-refractivity contribution in [3.05, 3.63) is 30.0 Å². The highest BCUT2D eigenvalue weighted by Crippen LogP contribution is 2.20. The Morgan fingerprint density at radius 1 is 1.42 bits per heavy atom.